The molecule has 1 atom stereocenters. The average molecular weight is 449 g/mol. The monoisotopic (exact) mass is 448 g/mol. The van der Waals surface area contributed by atoms with Crippen LogP contribution in [0.15, 0.2) is 82.8 Å². The third-order valence-electron chi connectivity index (χ3n) is 5.21. The van der Waals surface area contributed by atoms with Crippen molar-refractivity contribution in [2.24, 2.45) is 0 Å². The Morgan fingerprint density at radius 3 is 2.25 bits per heavy atom. The van der Waals surface area contributed by atoms with Crippen LogP contribution in [0.2, 0.25) is 0 Å². The Hall–Kier alpha value is -3.36. The van der Waals surface area contributed by atoms with E-state index in [4.69, 9.17) is 0 Å². The van der Waals surface area contributed by atoms with Gasteiger partial charge in [-0.3, -0.25) is 9.78 Å². The van der Waals surface area contributed by atoms with E-state index in [9.17, 15) is 14.1 Å². The lowest BCUT2D eigenvalue weighted by Crippen LogP contribution is -2.28. The first-order valence-corrected chi connectivity index (χ1v) is 11.6. The number of anilines is 1. The second kappa shape index (κ2) is 10.3. The van der Waals surface area contributed by atoms with E-state index in [1.54, 1.807) is 60.9 Å². The lowest BCUT2D eigenvalue weighted by atomic mass is 10.2. The minimum absolute atomic E-state index is 0.0251. The average Bonchev–Trinajstić information content (AvgIpc) is 3.38. The number of pyridine rings is 1. The van der Waals surface area contributed by atoms with Gasteiger partial charge in [0.15, 0.2) is 9.79 Å². The first-order valence-electron chi connectivity index (χ1n) is 10.4. The van der Waals surface area contributed by atoms with Gasteiger partial charge in [0, 0.05) is 54.5 Å². The zero-order valence-corrected chi connectivity index (χ0v) is 18.3. The summed E-state index contributed by atoms with van der Waals surface area (Å²) < 4.78 is 12.9. The van der Waals surface area contributed by atoms with E-state index >= 15 is 0 Å². The minimum atomic E-state index is -1.38. The smallest absolute Gasteiger partial charge is 0.319 e. The van der Waals surface area contributed by atoms with Crippen LogP contribution in [0.1, 0.15) is 28.8 Å². The summed E-state index contributed by atoms with van der Waals surface area (Å²) in [6.07, 6.45) is 5.46. The molecule has 1 aromatic heterocycles. The number of likely N-dealkylation sites (tertiary alicyclic amines) is 1. The van der Waals surface area contributed by atoms with Gasteiger partial charge in [0.05, 0.1) is 0 Å². The van der Waals surface area contributed by atoms with E-state index in [0.29, 0.717) is 27.6 Å². The van der Waals surface area contributed by atoms with Crippen molar-refractivity contribution in [2.75, 3.05) is 18.4 Å². The van der Waals surface area contributed by atoms with Gasteiger partial charge in [-0.2, -0.15) is 0 Å². The van der Waals surface area contributed by atoms with Crippen molar-refractivity contribution in [3.05, 3.63) is 84.2 Å². The molecule has 2 aromatic carbocycles. The summed E-state index contributed by atoms with van der Waals surface area (Å²) in [6, 6.07) is 17.2. The van der Waals surface area contributed by atoms with E-state index in [0.717, 1.165) is 31.5 Å². The molecule has 1 unspecified atom stereocenters. The highest BCUT2D eigenvalue weighted by Crippen LogP contribution is 2.23. The minimum Gasteiger partial charge on any atom is -0.606 e. The third-order valence-corrected chi connectivity index (χ3v) is 6.61. The number of aromatic nitrogens is 1. The van der Waals surface area contributed by atoms with Gasteiger partial charge < -0.3 is 20.1 Å². The summed E-state index contributed by atoms with van der Waals surface area (Å²) in [5.41, 5.74) is 2.12. The highest BCUT2D eigenvalue weighted by atomic mass is 32.2. The lowest BCUT2D eigenvalue weighted by Gasteiger charge is -2.15. The fraction of sp³-hybridized carbons (Fsp3) is 0.208. The molecule has 0 spiro atoms. The Kier molecular flexibility index (Phi) is 7.03. The van der Waals surface area contributed by atoms with E-state index in [1.165, 1.54) is 0 Å². The standard InChI is InChI=1S/C24H24N4O3S/c29-23(28-14-1-2-15-28)19-5-9-21(10-6-19)32(31)22-11-7-20(8-12-22)27-24(30)26-17-18-4-3-13-25-16-18/h3-13,16H,1-2,14-15,17H2,(H2,26,27,30). The molecule has 2 heterocycles. The van der Waals surface area contributed by atoms with Crippen LogP contribution in [-0.2, 0) is 17.7 Å². The van der Waals surface area contributed by atoms with Crippen molar-refractivity contribution in [3.63, 3.8) is 0 Å². The first kappa shape index (κ1) is 21.9. The number of nitrogens with one attached hydrogen (secondary N) is 2. The summed E-state index contributed by atoms with van der Waals surface area (Å²) in [5, 5.41) is 5.52. The molecule has 0 aliphatic carbocycles. The molecule has 7 nitrogen and oxygen atoms in total. The predicted molar refractivity (Wildman–Crippen MR) is 123 cm³/mol. The Labute approximate surface area is 190 Å². The van der Waals surface area contributed by atoms with Crippen molar-refractivity contribution >= 4 is 28.8 Å². The quantitative estimate of drug-likeness (QED) is 0.561. The Morgan fingerprint density at radius 1 is 0.969 bits per heavy atom. The fourth-order valence-electron chi connectivity index (χ4n) is 3.48. The summed E-state index contributed by atoms with van der Waals surface area (Å²) in [7, 11) is 0. The highest BCUT2D eigenvalue weighted by Gasteiger charge is 2.21. The number of hydrogen-bond acceptors (Lipinski definition) is 4. The van der Waals surface area contributed by atoms with E-state index in [-0.39, 0.29) is 11.9 Å². The first-order chi connectivity index (χ1) is 15.6. The molecular formula is C24H24N4O3S. The summed E-state index contributed by atoms with van der Waals surface area (Å²) >= 11 is -1.38. The van der Waals surface area contributed by atoms with Gasteiger partial charge in [-0.05, 0) is 73.0 Å². The molecular weight excluding hydrogens is 424 g/mol. The summed E-state index contributed by atoms with van der Waals surface area (Å²) in [6.45, 7) is 1.97. The van der Waals surface area contributed by atoms with Gasteiger partial charge in [0.2, 0.25) is 0 Å². The van der Waals surface area contributed by atoms with Crippen molar-refractivity contribution in [3.8, 4) is 0 Å². The second-order valence-electron chi connectivity index (χ2n) is 7.49. The van der Waals surface area contributed by atoms with Crippen LogP contribution in [0.25, 0.3) is 0 Å². The van der Waals surface area contributed by atoms with Crippen LogP contribution in [0, 0.1) is 0 Å². The molecule has 32 heavy (non-hydrogen) atoms. The molecule has 3 amide bonds. The molecule has 4 rings (SSSR count). The van der Waals surface area contributed by atoms with Crippen LogP contribution in [0.5, 0.6) is 0 Å². The van der Waals surface area contributed by atoms with E-state index < -0.39 is 11.2 Å². The number of amides is 3. The topological polar surface area (TPSA) is 97.4 Å². The summed E-state index contributed by atoms with van der Waals surface area (Å²) in [5.74, 6) is 0.0251. The zero-order chi connectivity index (χ0) is 22.3. The van der Waals surface area contributed by atoms with Crippen molar-refractivity contribution in [1.82, 2.24) is 15.2 Å². The molecule has 1 saturated heterocycles. The van der Waals surface area contributed by atoms with Crippen LogP contribution in [0.4, 0.5) is 10.5 Å². The van der Waals surface area contributed by atoms with Crippen LogP contribution in [0.3, 0.4) is 0 Å². The van der Waals surface area contributed by atoms with Gasteiger partial charge in [-0.25, -0.2) is 4.79 Å². The molecule has 1 fully saturated rings. The van der Waals surface area contributed by atoms with Crippen molar-refractivity contribution in [2.45, 2.75) is 29.2 Å². The van der Waals surface area contributed by atoms with Gasteiger partial charge in [0.1, 0.15) is 0 Å². The molecule has 0 saturated carbocycles. The molecule has 0 bridgehead atoms. The third kappa shape index (κ3) is 5.46. The van der Waals surface area contributed by atoms with Gasteiger partial charge >= 0.3 is 6.03 Å². The van der Waals surface area contributed by atoms with Crippen LogP contribution in [-0.4, -0.2) is 39.5 Å². The molecule has 1 aliphatic rings. The molecule has 0 radical (unpaired) electrons. The van der Waals surface area contributed by atoms with Crippen LogP contribution < -0.4 is 10.6 Å². The van der Waals surface area contributed by atoms with Crippen LogP contribution >= 0.6 is 0 Å². The maximum atomic E-state index is 12.9. The number of hydrogen-bond donors (Lipinski definition) is 2. The van der Waals surface area contributed by atoms with Crippen molar-refractivity contribution in [1.29, 1.82) is 0 Å². The molecule has 164 valence electrons. The van der Waals surface area contributed by atoms with E-state index in [2.05, 4.69) is 15.6 Å². The Bertz CT molecular complexity index is 1050. The number of carbonyl (C=O) groups is 2. The Morgan fingerprint density at radius 2 is 1.62 bits per heavy atom. The predicted octanol–water partition coefficient (Wildman–Crippen LogP) is 3.81. The van der Waals surface area contributed by atoms with Crippen molar-refractivity contribution < 1.29 is 14.1 Å². The zero-order valence-electron chi connectivity index (χ0n) is 17.5. The summed E-state index contributed by atoms with van der Waals surface area (Å²) in [4.78, 5) is 31.6. The number of carbonyl (C=O) groups excluding carboxylic acids is 2. The largest absolute Gasteiger partial charge is 0.606 e. The van der Waals surface area contributed by atoms with Gasteiger partial charge in [-0.1, -0.05) is 6.07 Å². The number of urea groups is 1. The second-order valence-corrected chi connectivity index (χ2v) is 8.97. The number of rotatable bonds is 6. The molecule has 3 aromatic rings. The maximum absolute atomic E-state index is 12.9. The molecule has 2 N–H and O–H groups in total. The fourth-order valence-corrected chi connectivity index (χ4v) is 4.52. The lowest BCUT2D eigenvalue weighted by molar-refractivity contribution is 0.0792. The van der Waals surface area contributed by atoms with Gasteiger partial charge in [-0.15, -0.1) is 0 Å². The van der Waals surface area contributed by atoms with Gasteiger partial charge in [0.25, 0.3) is 5.91 Å². The van der Waals surface area contributed by atoms with E-state index in [1.807, 2.05) is 17.0 Å². The molecule has 1 aliphatic heterocycles. The number of benzene rings is 2. The number of nitrogens with zero attached hydrogens (tertiary/aromatic N) is 2. The maximum Gasteiger partial charge on any atom is 0.319 e. The normalized spacial score (nSPS) is 14.1. The molecule has 8 heteroatoms. The Balaban J connectivity index is 1.32. The highest BCUT2D eigenvalue weighted by molar-refractivity contribution is 7.91. The SMILES string of the molecule is O=C(NCc1cccnc1)Nc1ccc([S+]([O-])c2ccc(C(=O)N3CCCC3)cc2)cc1.